The first-order valence-electron chi connectivity index (χ1n) is 3.41. The number of aliphatic hydroxyl groups is 1. The molecule has 2 rings (SSSR count). The van der Waals surface area contributed by atoms with Crippen molar-refractivity contribution >= 4 is 0 Å². The number of nitrogens with zero attached hydrogens (tertiary/aromatic N) is 3. The zero-order chi connectivity index (χ0) is 6.97. The number of aryl methyl sites for hydroxylation is 1. The van der Waals surface area contributed by atoms with Gasteiger partial charge in [0.2, 0.25) is 0 Å². The normalized spacial score (nSPS) is 24.3. The van der Waals surface area contributed by atoms with Gasteiger partial charge in [0.15, 0.2) is 0 Å². The van der Waals surface area contributed by atoms with Crippen LogP contribution in [0.1, 0.15) is 12.2 Å². The van der Waals surface area contributed by atoms with Crippen molar-refractivity contribution in [2.45, 2.75) is 25.5 Å². The minimum absolute atomic E-state index is 0.211. The van der Waals surface area contributed by atoms with Crippen LogP contribution in [-0.4, -0.2) is 26.0 Å². The van der Waals surface area contributed by atoms with Crippen molar-refractivity contribution in [2.75, 3.05) is 0 Å². The number of rotatable bonds is 0. The second-order valence-electron chi connectivity index (χ2n) is 2.55. The van der Waals surface area contributed by atoms with E-state index in [9.17, 15) is 5.11 Å². The summed E-state index contributed by atoms with van der Waals surface area (Å²) >= 11 is 0. The average molecular weight is 139 g/mol. The molecule has 1 aliphatic heterocycles. The van der Waals surface area contributed by atoms with Crippen molar-refractivity contribution in [1.82, 2.24) is 14.8 Å². The summed E-state index contributed by atoms with van der Waals surface area (Å²) in [5.41, 5.74) is 0. The first kappa shape index (κ1) is 5.85. The van der Waals surface area contributed by atoms with Gasteiger partial charge in [-0.15, -0.1) is 0 Å². The van der Waals surface area contributed by atoms with Crippen LogP contribution < -0.4 is 0 Å². The maximum atomic E-state index is 9.19. The Kier molecular flexibility index (Phi) is 1.20. The van der Waals surface area contributed by atoms with Crippen molar-refractivity contribution in [2.24, 2.45) is 0 Å². The fourth-order valence-electron chi connectivity index (χ4n) is 1.22. The molecule has 10 heavy (non-hydrogen) atoms. The van der Waals surface area contributed by atoms with Crippen LogP contribution in [0.15, 0.2) is 6.33 Å². The Morgan fingerprint density at radius 1 is 1.70 bits per heavy atom. The van der Waals surface area contributed by atoms with Gasteiger partial charge in [-0.05, 0) is 6.42 Å². The monoisotopic (exact) mass is 139 g/mol. The maximum Gasteiger partial charge on any atom is 0.138 e. The Balaban J connectivity index is 2.30. The summed E-state index contributed by atoms with van der Waals surface area (Å²) < 4.78 is 1.84. The molecule has 0 radical (unpaired) electrons. The zero-order valence-electron chi connectivity index (χ0n) is 5.56. The van der Waals surface area contributed by atoms with E-state index in [0.29, 0.717) is 6.42 Å². The predicted molar refractivity (Wildman–Crippen MR) is 34.3 cm³/mol. The average Bonchev–Trinajstić information content (AvgIpc) is 2.33. The third kappa shape index (κ3) is 0.806. The molecular formula is C6H9N3O. The number of aliphatic hydroxyl groups excluding tert-OH is 1. The van der Waals surface area contributed by atoms with Gasteiger partial charge in [0.25, 0.3) is 0 Å². The molecule has 0 fully saturated rings. The highest BCUT2D eigenvalue weighted by atomic mass is 16.3. The molecule has 1 aromatic heterocycles. The molecule has 2 heterocycles. The summed E-state index contributed by atoms with van der Waals surface area (Å²) in [7, 11) is 0. The summed E-state index contributed by atoms with van der Waals surface area (Å²) in [6.07, 6.45) is 2.78. The fraction of sp³-hybridized carbons (Fsp3) is 0.667. The van der Waals surface area contributed by atoms with E-state index >= 15 is 0 Å². The van der Waals surface area contributed by atoms with Gasteiger partial charge in [0, 0.05) is 13.0 Å². The molecule has 0 spiro atoms. The summed E-state index contributed by atoms with van der Waals surface area (Å²) in [4.78, 5) is 4.00. The Labute approximate surface area is 58.5 Å². The lowest BCUT2D eigenvalue weighted by Gasteiger charge is -2.16. The van der Waals surface area contributed by atoms with Crippen LogP contribution in [0.3, 0.4) is 0 Å². The van der Waals surface area contributed by atoms with E-state index in [4.69, 9.17) is 0 Å². The summed E-state index contributed by atoms with van der Waals surface area (Å²) in [6, 6.07) is 0. The van der Waals surface area contributed by atoms with E-state index in [2.05, 4.69) is 10.1 Å². The van der Waals surface area contributed by atoms with Crippen LogP contribution in [0.25, 0.3) is 0 Å². The second kappa shape index (κ2) is 2.05. The highest BCUT2D eigenvalue weighted by Crippen LogP contribution is 2.10. The Bertz CT molecular complexity index is 233. The molecule has 4 nitrogen and oxygen atoms in total. The Hall–Kier alpha value is -0.900. The smallest absolute Gasteiger partial charge is 0.138 e. The highest BCUT2D eigenvalue weighted by Gasteiger charge is 2.16. The van der Waals surface area contributed by atoms with E-state index in [1.165, 1.54) is 6.33 Å². The molecule has 1 aliphatic rings. The highest BCUT2D eigenvalue weighted by molar-refractivity contribution is 4.90. The van der Waals surface area contributed by atoms with Gasteiger partial charge < -0.3 is 5.11 Å². The first-order chi connectivity index (χ1) is 4.86. The molecule has 0 amide bonds. The third-order valence-electron chi connectivity index (χ3n) is 1.79. The molecule has 1 aromatic rings. The van der Waals surface area contributed by atoms with Gasteiger partial charge in [0.05, 0.1) is 6.10 Å². The van der Waals surface area contributed by atoms with Crippen LogP contribution >= 0.6 is 0 Å². The molecule has 1 unspecified atom stereocenters. The van der Waals surface area contributed by atoms with Crippen LogP contribution in [0.5, 0.6) is 0 Å². The number of hydrogen-bond acceptors (Lipinski definition) is 3. The quantitative estimate of drug-likeness (QED) is 0.531. The maximum absolute atomic E-state index is 9.19. The number of aromatic nitrogens is 3. The first-order valence-corrected chi connectivity index (χ1v) is 3.41. The van der Waals surface area contributed by atoms with Crippen LogP contribution in [0.4, 0.5) is 0 Å². The lowest BCUT2D eigenvalue weighted by Crippen LogP contribution is -2.23. The predicted octanol–water partition coefficient (Wildman–Crippen LogP) is -0.415. The molecule has 0 saturated carbocycles. The van der Waals surface area contributed by atoms with Crippen molar-refractivity contribution in [1.29, 1.82) is 0 Å². The van der Waals surface area contributed by atoms with Gasteiger partial charge in [-0.2, -0.15) is 5.10 Å². The molecule has 1 N–H and O–H groups in total. The molecule has 0 aromatic carbocycles. The summed E-state index contributed by atoms with van der Waals surface area (Å²) in [6.45, 7) is 0.802. The number of fused-ring (bicyclic) bond motifs is 1. The third-order valence-corrected chi connectivity index (χ3v) is 1.79. The Morgan fingerprint density at radius 2 is 2.60 bits per heavy atom. The van der Waals surface area contributed by atoms with Crippen LogP contribution in [0, 0.1) is 0 Å². The molecule has 0 saturated heterocycles. The molecule has 54 valence electrons. The number of hydrogen-bond donors (Lipinski definition) is 1. The Morgan fingerprint density at radius 3 is 3.50 bits per heavy atom. The SMILES string of the molecule is OC1CCn2ncnc2C1. The fourth-order valence-corrected chi connectivity index (χ4v) is 1.22. The van der Waals surface area contributed by atoms with E-state index in [0.717, 1.165) is 18.8 Å². The van der Waals surface area contributed by atoms with Gasteiger partial charge in [-0.1, -0.05) is 0 Å². The molecule has 1 atom stereocenters. The van der Waals surface area contributed by atoms with Crippen LogP contribution in [0.2, 0.25) is 0 Å². The van der Waals surface area contributed by atoms with Crippen molar-refractivity contribution in [3.63, 3.8) is 0 Å². The van der Waals surface area contributed by atoms with Crippen LogP contribution in [-0.2, 0) is 13.0 Å². The van der Waals surface area contributed by atoms with Gasteiger partial charge in [-0.3, -0.25) is 0 Å². The summed E-state index contributed by atoms with van der Waals surface area (Å²) in [5.74, 6) is 0.902. The van der Waals surface area contributed by atoms with E-state index in [-0.39, 0.29) is 6.10 Å². The van der Waals surface area contributed by atoms with Gasteiger partial charge in [0.1, 0.15) is 12.2 Å². The minimum atomic E-state index is -0.211. The lowest BCUT2D eigenvalue weighted by atomic mass is 10.1. The largest absolute Gasteiger partial charge is 0.393 e. The second-order valence-corrected chi connectivity index (χ2v) is 2.55. The lowest BCUT2D eigenvalue weighted by molar-refractivity contribution is 0.138. The van der Waals surface area contributed by atoms with E-state index in [1.54, 1.807) is 0 Å². The zero-order valence-corrected chi connectivity index (χ0v) is 5.56. The van der Waals surface area contributed by atoms with E-state index in [1.807, 2.05) is 4.68 Å². The van der Waals surface area contributed by atoms with Crippen molar-refractivity contribution < 1.29 is 5.11 Å². The summed E-state index contributed by atoms with van der Waals surface area (Å²) in [5, 5.41) is 13.2. The minimum Gasteiger partial charge on any atom is -0.393 e. The molecular weight excluding hydrogens is 130 g/mol. The topological polar surface area (TPSA) is 50.9 Å². The van der Waals surface area contributed by atoms with Gasteiger partial charge >= 0.3 is 0 Å². The van der Waals surface area contributed by atoms with E-state index < -0.39 is 0 Å². The molecule has 0 aliphatic carbocycles. The standard InChI is InChI=1S/C6H9N3O/c10-5-1-2-9-6(3-5)7-4-8-9/h4-5,10H,1-3H2. The van der Waals surface area contributed by atoms with Crippen molar-refractivity contribution in [3.05, 3.63) is 12.2 Å². The molecule has 4 heteroatoms. The van der Waals surface area contributed by atoms with Crippen molar-refractivity contribution in [3.8, 4) is 0 Å². The molecule has 0 bridgehead atoms. The van der Waals surface area contributed by atoms with Gasteiger partial charge in [-0.25, -0.2) is 9.67 Å².